The van der Waals surface area contributed by atoms with E-state index in [0.29, 0.717) is 16.3 Å². The summed E-state index contributed by atoms with van der Waals surface area (Å²) in [5.74, 6) is -1.05. The van der Waals surface area contributed by atoms with Gasteiger partial charge >= 0.3 is 5.97 Å². The highest BCUT2D eigenvalue weighted by Crippen LogP contribution is 2.30. The molecule has 0 atom stereocenters. The van der Waals surface area contributed by atoms with Crippen LogP contribution in [0.3, 0.4) is 0 Å². The van der Waals surface area contributed by atoms with Gasteiger partial charge in [-0.3, -0.25) is 10.0 Å². The number of anilines is 3. The molecule has 142 valence electrons. The summed E-state index contributed by atoms with van der Waals surface area (Å²) in [6, 6.07) is 9.49. The van der Waals surface area contributed by atoms with Crippen molar-refractivity contribution in [3.05, 3.63) is 53.7 Å². The monoisotopic (exact) mass is 433 g/mol. The minimum atomic E-state index is -3.63. The summed E-state index contributed by atoms with van der Waals surface area (Å²) in [5, 5.41) is 14.0. The fraction of sp³-hybridized carbons (Fsp3) is 0. The van der Waals surface area contributed by atoms with Crippen LogP contribution in [-0.4, -0.2) is 34.4 Å². The maximum Gasteiger partial charge on any atom is 0.354 e. The van der Waals surface area contributed by atoms with E-state index >= 15 is 0 Å². The van der Waals surface area contributed by atoms with Crippen LogP contribution in [0.25, 0.3) is 10.2 Å². The van der Waals surface area contributed by atoms with Crippen molar-refractivity contribution in [3.8, 4) is 0 Å². The molecule has 0 aliphatic rings. The van der Waals surface area contributed by atoms with Gasteiger partial charge in [0, 0.05) is 6.20 Å². The molecular weight excluding hydrogens is 422 g/mol. The number of sulfonamides is 1. The van der Waals surface area contributed by atoms with Crippen LogP contribution in [0.2, 0.25) is 0 Å². The molecule has 0 aliphatic heterocycles. The molecule has 0 saturated carbocycles. The first kappa shape index (κ1) is 18.3. The lowest BCUT2D eigenvalue weighted by Gasteiger charge is -2.05. The predicted molar refractivity (Wildman–Crippen MR) is 107 cm³/mol. The molecular formula is C16H11N5O4S3. The van der Waals surface area contributed by atoms with Gasteiger partial charge in [0.05, 0.1) is 15.9 Å². The van der Waals surface area contributed by atoms with Gasteiger partial charge < -0.3 is 5.11 Å². The number of carboxylic acids is 1. The van der Waals surface area contributed by atoms with E-state index in [0.717, 1.165) is 16.0 Å². The van der Waals surface area contributed by atoms with Crippen LogP contribution in [0, 0.1) is 0 Å². The van der Waals surface area contributed by atoms with Crippen molar-refractivity contribution in [2.75, 3.05) is 10.0 Å². The smallest absolute Gasteiger partial charge is 0.354 e. The molecule has 4 rings (SSSR count). The third-order valence-electron chi connectivity index (χ3n) is 3.49. The van der Waals surface area contributed by atoms with E-state index in [1.54, 1.807) is 29.6 Å². The Hall–Kier alpha value is -3.09. The number of thiophene rings is 1. The van der Waals surface area contributed by atoms with Crippen LogP contribution in [0.1, 0.15) is 10.5 Å². The Labute approximate surface area is 166 Å². The third kappa shape index (κ3) is 3.78. The normalized spacial score (nSPS) is 11.4. The van der Waals surface area contributed by atoms with Crippen molar-refractivity contribution < 1.29 is 18.3 Å². The number of carbonyl (C=O) groups is 1. The van der Waals surface area contributed by atoms with Crippen molar-refractivity contribution in [2.24, 2.45) is 0 Å². The van der Waals surface area contributed by atoms with Crippen molar-refractivity contribution in [1.82, 2.24) is 15.0 Å². The molecule has 0 saturated heterocycles. The lowest BCUT2D eigenvalue weighted by atomic mass is 10.3. The maximum atomic E-state index is 12.3. The quantitative estimate of drug-likeness (QED) is 0.421. The Morgan fingerprint density at radius 1 is 1.14 bits per heavy atom. The number of carboxylic acid groups (broad SMARTS) is 1. The molecule has 3 heterocycles. The summed E-state index contributed by atoms with van der Waals surface area (Å²) in [6.45, 7) is 0. The van der Waals surface area contributed by atoms with E-state index in [1.807, 2.05) is 0 Å². The van der Waals surface area contributed by atoms with Gasteiger partial charge in [0.25, 0.3) is 10.0 Å². The average molecular weight is 433 g/mol. The zero-order valence-electron chi connectivity index (χ0n) is 13.9. The molecule has 0 unspecified atom stereocenters. The van der Waals surface area contributed by atoms with E-state index in [2.05, 4.69) is 25.0 Å². The van der Waals surface area contributed by atoms with Gasteiger partial charge in [-0.1, -0.05) is 17.4 Å². The van der Waals surface area contributed by atoms with Crippen LogP contribution >= 0.6 is 22.7 Å². The molecule has 1 aromatic carbocycles. The van der Waals surface area contributed by atoms with Crippen LogP contribution < -0.4 is 10.0 Å². The van der Waals surface area contributed by atoms with Gasteiger partial charge in [-0.25, -0.2) is 28.2 Å². The van der Waals surface area contributed by atoms with Crippen molar-refractivity contribution in [2.45, 2.75) is 4.21 Å². The second-order valence-electron chi connectivity index (χ2n) is 5.43. The number of benzene rings is 1. The lowest BCUT2D eigenvalue weighted by Crippen LogP contribution is -2.11. The Morgan fingerprint density at radius 2 is 2.00 bits per heavy atom. The second kappa shape index (κ2) is 7.14. The first-order valence-electron chi connectivity index (χ1n) is 7.71. The average Bonchev–Trinajstić information content (AvgIpc) is 3.31. The number of aromatic carboxylic acids is 1. The summed E-state index contributed by atoms with van der Waals surface area (Å²) < 4.78 is 28.2. The van der Waals surface area contributed by atoms with Crippen molar-refractivity contribution in [3.63, 3.8) is 0 Å². The molecule has 0 bridgehead atoms. The van der Waals surface area contributed by atoms with Crippen LogP contribution in [-0.2, 0) is 10.0 Å². The third-order valence-corrected chi connectivity index (χ3v) is 7.21. The Balaban J connectivity index is 1.58. The van der Waals surface area contributed by atoms with E-state index < -0.39 is 16.0 Å². The Kier molecular flexibility index (Phi) is 4.66. The first-order valence-corrected chi connectivity index (χ1v) is 10.9. The number of rotatable bonds is 6. The Bertz CT molecular complexity index is 1270. The van der Waals surface area contributed by atoms with Gasteiger partial charge in [0.15, 0.2) is 10.8 Å². The second-order valence-corrected chi connectivity index (χ2v) is 9.32. The van der Waals surface area contributed by atoms with Crippen LogP contribution in [0.15, 0.2) is 52.2 Å². The summed E-state index contributed by atoms with van der Waals surface area (Å²) in [5.41, 5.74) is 0.935. The number of thiazole rings is 1. The summed E-state index contributed by atoms with van der Waals surface area (Å²) in [6.07, 6.45) is 1.34. The molecule has 0 amide bonds. The SMILES string of the molecule is O=C(O)c1ccnc(Nc2nc3ccc(NS(=O)(=O)c4cccs4)cc3s2)n1. The zero-order valence-corrected chi connectivity index (χ0v) is 16.3. The minimum absolute atomic E-state index is 0.109. The summed E-state index contributed by atoms with van der Waals surface area (Å²) >= 11 is 2.40. The number of nitrogens with zero attached hydrogens (tertiary/aromatic N) is 3. The molecule has 0 radical (unpaired) electrons. The van der Waals surface area contributed by atoms with Gasteiger partial charge in [-0.2, -0.15) is 0 Å². The van der Waals surface area contributed by atoms with Crippen LogP contribution in [0.5, 0.6) is 0 Å². The highest BCUT2D eigenvalue weighted by atomic mass is 32.2. The topological polar surface area (TPSA) is 134 Å². The number of hydrogen-bond donors (Lipinski definition) is 3. The van der Waals surface area contributed by atoms with Gasteiger partial charge in [0.2, 0.25) is 5.95 Å². The largest absolute Gasteiger partial charge is 0.477 e. The number of aromatic nitrogens is 3. The molecule has 0 spiro atoms. The Morgan fingerprint density at radius 3 is 2.75 bits per heavy atom. The fourth-order valence-electron chi connectivity index (χ4n) is 2.30. The van der Waals surface area contributed by atoms with Gasteiger partial charge in [-0.15, -0.1) is 11.3 Å². The standard InChI is InChI=1S/C16H11N5O4S3/c22-14(23)11-5-6-17-15(18-11)20-16-19-10-4-3-9(8-12(10)27-16)21-28(24,25)13-2-1-7-26-13/h1-8,21H,(H,22,23)(H,17,18,19,20). The number of fused-ring (bicyclic) bond motifs is 1. The number of nitrogens with one attached hydrogen (secondary N) is 2. The molecule has 12 heteroatoms. The van der Waals surface area contributed by atoms with Gasteiger partial charge in [0.1, 0.15) is 4.21 Å². The van der Waals surface area contributed by atoms with E-state index in [1.165, 1.54) is 29.7 Å². The molecule has 0 aliphatic carbocycles. The highest BCUT2D eigenvalue weighted by molar-refractivity contribution is 7.94. The lowest BCUT2D eigenvalue weighted by molar-refractivity contribution is 0.0690. The predicted octanol–water partition coefficient (Wildman–Crippen LogP) is 3.39. The summed E-state index contributed by atoms with van der Waals surface area (Å²) in [4.78, 5) is 23.2. The van der Waals surface area contributed by atoms with E-state index in [9.17, 15) is 13.2 Å². The molecule has 3 N–H and O–H groups in total. The minimum Gasteiger partial charge on any atom is -0.477 e. The van der Waals surface area contributed by atoms with Gasteiger partial charge in [-0.05, 0) is 35.7 Å². The van der Waals surface area contributed by atoms with E-state index in [4.69, 9.17) is 5.11 Å². The maximum absolute atomic E-state index is 12.3. The van der Waals surface area contributed by atoms with Crippen molar-refractivity contribution >= 4 is 65.7 Å². The van der Waals surface area contributed by atoms with Crippen molar-refractivity contribution in [1.29, 1.82) is 0 Å². The molecule has 3 aromatic heterocycles. The molecule has 4 aromatic rings. The molecule has 0 fully saturated rings. The zero-order chi connectivity index (χ0) is 19.7. The first-order chi connectivity index (χ1) is 13.4. The summed E-state index contributed by atoms with van der Waals surface area (Å²) in [7, 11) is -3.63. The van der Waals surface area contributed by atoms with E-state index in [-0.39, 0.29) is 15.9 Å². The van der Waals surface area contributed by atoms with Crippen LogP contribution in [0.4, 0.5) is 16.8 Å². The highest BCUT2D eigenvalue weighted by Gasteiger charge is 2.16. The molecule has 28 heavy (non-hydrogen) atoms. The number of hydrogen-bond acceptors (Lipinski definition) is 9. The molecule has 9 nitrogen and oxygen atoms in total. The fourth-order valence-corrected chi connectivity index (χ4v) is 5.24.